The standard InChI is InChI=1S/C14H22N2O/c1-3-17-14-8-7-11(9-10(14)2)16-13-6-4-5-12(13)15/h7-9,12-13,16H,3-6,15H2,1-2H3. The van der Waals surface area contributed by atoms with Crippen molar-refractivity contribution < 1.29 is 4.74 Å². The molecule has 3 heteroatoms. The van der Waals surface area contributed by atoms with Crippen LogP contribution in [0.15, 0.2) is 18.2 Å². The lowest BCUT2D eigenvalue weighted by molar-refractivity contribution is 0.338. The predicted molar refractivity (Wildman–Crippen MR) is 71.6 cm³/mol. The average molecular weight is 234 g/mol. The number of hydrogen-bond donors (Lipinski definition) is 2. The first-order valence-electron chi connectivity index (χ1n) is 6.46. The number of hydrogen-bond acceptors (Lipinski definition) is 3. The highest BCUT2D eigenvalue weighted by Crippen LogP contribution is 2.25. The van der Waals surface area contributed by atoms with E-state index in [9.17, 15) is 0 Å². The molecule has 0 saturated heterocycles. The monoisotopic (exact) mass is 234 g/mol. The summed E-state index contributed by atoms with van der Waals surface area (Å²) in [7, 11) is 0. The van der Waals surface area contributed by atoms with Gasteiger partial charge in [-0.05, 0) is 56.9 Å². The van der Waals surface area contributed by atoms with Crippen LogP contribution in [0.2, 0.25) is 0 Å². The van der Waals surface area contributed by atoms with E-state index in [4.69, 9.17) is 10.5 Å². The van der Waals surface area contributed by atoms with Crippen LogP contribution in [0.1, 0.15) is 31.7 Å². The first-order valence-corrected chi connectivity index (χ1v) is 6.46. The van der Waals surface area contributed by atoms with Crippen molar-refractivity contribution in [3.63, 3.8) is 0 Å². The summed E-state index contributed by atoms with van der Waals surface area (Å²) in [4.78, 5) is 0. The van der Waals surface area contributed by atoms with Crippen molar-refractivity contribution in [1.29, 1.82) is 0 Å². The molecule has 0 aromatic heterocycles. The molecule has 0 radical (unpaired) electrons. The summed E-state index contributed by atoms with van der Waals surface area (Å²) in [5.74, 6) is 0.966. The molecule has 17 heavy (non-hydrogen) atoms. The van der Waals surface area contributed by atoms with Crippen molar-refractivity contribution in [2.45, 2.75) is 45.2 Å². The zero-order valence-electron chi connectivity index (χ0n) is 10.7. The van der Waals surface area contributed by atoms with Gasteiger partial charge in [-0.15, -0.1) is 0 Å². The quantitative estimate of drug-likeness (QED) is 0.842. The van der Waals surface area contributed by atoms with Crippen LogP contribution < -0.4 is 15.8 Å². The van der Waals surface area contributed by atoms with Gasteiger partial charge < -0.3 is 15.8 Å². The van der Waals surface area contributed by atoms with Crippen LogP contribution in [0.3, 0.4) is 0 Å². The summed E-state index contributed by atoms with van der Waals surface area (Å²) in [6.07, 6.45) is 3.54. The number of ether oxygens (including phenoxy) is 1. The van der Waals surface area contributed by atoms with Crippen molar-refractivity contribution >= 4 is 5.69 Å². The average Bonchev–Trinajstić information content (AvgIpc) is 2.69. The van der Waals surface area contributed by atoms with Crippen molar-refractivity contribution in [2.75, 3.05) is 11.9 Å². The van der Waals surface area contributed by atoms with Crippen molar-refractivity contribution in [3.05, 3.63) is 23.8 Å². The third-order valence-electron chi connectivity index (χ3n) is 3.40. The molecule has 2 unspecified atom stereocenters. The molecule has 1 fully saturated rings. The minimum absolute atomic E-state index is 0.293. The molecule has 1 saturated carbocycles. The topological polar surface area (TPSA) is 47.3 Å². The molecule has 3 nitrogen and oxygen atoms in total. The second-order valence-electron chi connectivity index (χ2n) is 4.76. The molecule has 3 N–H and O–H groups in total. The molecule has 0 spiro atoms. The van der Waals surface area contributed by atoms with E-state index in [2.05, 4.69) is 24.4 Å². The van der Waals surface area contributed by atoms with Crippen LogP contribution >= 0.6 is 0 Å². The lowest BCUT2D eigenvalue weighted by Crippen LogP contribution is -2.35. The molecule has 1 aliphatic rings. The van der Waals surface area contributed by atoms with Gasteiger partial charge >= 0.3 is 0 Å². The molecular weight excluding hydrogens is 212 g/mol. The molecule has 1 aliphatic carbocycles. The minimum Gasteiger partial charge on any atom is -0.494 e. The first-order chi connectivity index (χ1) is 8.20. The number of benzene rings is 1. The van der Waals surface area contributed by atoms with Gasteiger partial charge in [-0.3, -0.25) is 0 Å². The van der Waals surface area contributed by atoms with Gasteiger partial charge in [0, 0.05) is 17.8 Å². The first kappa shape index (κ1) is 12.2. The summed E-state index contributed by atoms with van der Waals surface area (Å²) >= 11 is 0. The highest BCUT2D eigenvalue weighted by Gasteiger charge is 2.23. The molecule has 94 valence electrons. The zero-order valence-corrected chi connectivity index (χ0v) is 10.7. The Balaban J connectivity index is 2.04. The SMILES string of the molecule is CCOc1ccc(NC2CCCC2N)cc1C. The second kappa shape index (κ2) is 5.41. The normalized spacial score (nSPS) is 23.7. The van der Waals surface area contributed by atoms with Gasteiger partial charge in [0.2, 0.25) is 0 Å². The van der Waals surface area contributed by atoms with E-state index in [1.807, 2.05) is 13.0 Å². The lowest BCUT2D eigenvalue weighted by Gasteiger charge is -2.19. The Morgan fingerprint density at radius 3 is 2.82 bits per heavy atom. The molecule has 1 aromatic carbocycles. The number of nitrogens with two attached hydrogens (primary N) is 1. The van der Waals surface area contributed by atoms with Crippen LogP contribution in [-0.4, -0.2) is 18.7 Å². The van der Waals surface area contributed by atoms with Crippen molar-refractivity contribution in [3.8, 4) is 5.75 Å². The highest BCUT2D eigenvalue weighted by molar-refractivity contribution is 5.51. The molecule has 2 rings (SSSR count). The maximum atomic E-state index is 6.06. The van der Waals surface area contributed by atoms with E-state index in [0.29, 0.717) is 18.7 Å². The number of aryl methyl sites for hydroxylation is 1. The lowest BCUT2D eigenvalue weighted by atomic mass is 10.1. The summed E-state index contributed by atoms with van der Waals surface area (Å²) in [5, 5.41) is 3.52. The van der Waals surface area contributed by atoms with Gasteiger partial charge in [-0.25, -0.2) is 0 Å². The van der Waals surface area contributed by atoms with E-state index in [0.717, 1.165) is 17.9 Å². The fraction of sp³-hybridized carbons (Fsp3) is 0.571. The fourth-order valence-corrected chi connectivity index (χ4v) is 2.44. The Labute approximate surface area is 103 Å². The van der Waals surface area contributed by atoms with Crippen LogP contribution in [0.5, 0.6) is 5.75 Å². The Bertz CT molecular complexity index is 378. The predicted octanol–water partition coefficient (Wildman–Crippen LogP) is 2.69. The van der Waals surface area contributed by atoms with Crippen LogP contribution in [0, 0.1) is 6.92 Å². The van der Waals surface area contributed by atoms with Crippen molar-refractivity contribution in [1.82, 2.24) is 0 Å². The largest absolute Gasteiger partial charge is 0.494 e. The maximum absolute atomic E-state index is 6.06. The minimum atomic E-state index is 0.293. The van der Waals surface area contributed by atoms with E-state index < -0.39 is 0 Å². The summed E-state index contributed by atoms with van der Waals surface area (Å²) in [6, 6.07) is 6.95. The Hall–Kier alpha value is -1.22. The van der Waals surface area contributed by atoms with Gasteiger partial charge in [-0.1, -0.05) is 0 Å². The smallest absolute Gasteiger partial charge is 0.122 e. The van der Waals surface area contributed by atoms with Gasteiger partial charge in [0.25, 0.3) is 0 Å². The van der Waals surface area contributed by atoms with Crippen LogP contribution in [-0.2, 0) is 0 Å². The third kappa shape index (κ3) is 2.91. The summed E-state index contributed by atoms with van der Waals surface area (Å²) in [5.41, 5.74) is 8.37. The molecule has 1 aromatic rings. The highest BCUT2D eigenvalue weighted by atomic mass is 16.5. The van der Waals surface area contributed by atoms with Crippen molar-refractivity contribution in [2.24, 2.45) is 5.73 Å². The number of anilines is 1. The van der Waals surface area contributed by atoms with E-state index in [1.165, 1.54) is 18.4 Å². The number of rotatable bonds is 4. The van der Waals surface area contributed by atoms with Gasteiger partial charge in [0.15, 0.2) is 0 Å². The zero-order chi connectivity index (χ0) is 12.3. The summed E-state index contributed by atoms with van der Waals surface area (Å²) in [6.45, 7) is 4.79. The van der Waals surface area contributed by atoms with Crippen LogP contribution in [0.4, 0.5) is 5.69 Å². The molecule has 0 amide bonds. The molecule has 0 bridgehead atoms. The molecular formula is C14H22N2O. The molecule has 0 heterocycles. The fourth-order valence-electron chi connectivity index (χ4n) is 2.44. The second-order valence-corrected chi connectivity index (χ2v) is 4.76. The third-order valence-corrected chi connectivity index (χ3v) is 3.40. The molecule has 0 aliphatic heterocycles. The van der Waals surface area contributed by atoms with E-state index in [-0.39, 0.29) is 0 Å². The van der Waals surface area contributed by atoms with E-state index in [1.54, 1.807) is 0 Å². The van der Waals surface area contributed by atoms with Gasteiger partial charge in [-0.2, -0.15) is 0 Å². The van der Waals surface area contributed by atoms with Gasteiger partial charge in [0.05, 0.1) is 6.61 Å². The molecule has 2 atom stereocenters. The summed E-state index contributed by atoms with van der Waals surface area (Å²) < 4.78 is 5.53. The number of nitrogens with one attached hydrogen (secondary N) is 1. The van der Waals surface area contributed by atoms with E-state index >= 15 is 0 Å². The van der Waals surface area contributed by atoms with Gasteiger partial charge in [0.1, 0.15) is 5.75 Å². The Morgan fingerprint density at radius 2 is 2.24 bits per heavy atom. The van der Waals surface area contributed by atoms with Crippen LogP contribution in [0.25, 0.3) is 0 Å². The maximum Gasteiger partial charge on any atom is 0.122 e. The Morgan fingerprint density at radius 1 is 1.41 bits per heavy atom. The Kier molecular flexibility index (Phi) is 3.89.